The predicted molar refractivity (Wildman–Crippen MR) is 84.8 cm³/mol. The third-order valence-electron chi connectivity index (χ3n) is 4.75. The number of aromatic nitrogens is 3. The second kappa shape index (κ2) is 5.67. The molecule has 2 aromatic rings. The number of hydrogen-bond donors (Lipinski definition) is 1. The number of rotatable bonds is 3. The number of nitriles is 1. The van der Waals surface area contributed by atoms with Crippen molar-refractivity contribution in [1.82, 2.24) is 14.8 Å². The minimum atomic E-state index is 0.0780. The van der Waals surface area contributed by atoms with Crippen LogP contribution < -0.4 is 4.90 Å². The van der Waals surface area contributed by atoms with Crippen molar-refractivity contribution >= 4 is 5.82 Å². The van der Waals surface area contributed by atoms with Gasteiger partial charge in [-0.1, -0.05) is 0 Å². The molecule has 0 aromatic carbocycles. The fourth-order valence-electron chi connectivity index (χ4n) is 3.59. The van der Waals surface area contributed by atoms with E-state index in [1.54, 1.807) is 0 Å². The minimum absolute atomic E-state index is 0.0780. The number of nitrogens with zero attached hydrogens (tertiary/aromatic N) is 5. The molecule has 0 amide bonds. The zero-order valence-electron chi connectivity index (χ0n) is 13.0. The molecular weight excluding hydrogens is 290 g/mol. The highest BCUT2D eigenvalue weighted by atomic mass is 16.3. The van der Waals surface area contributed by atoms with Crippen LogP contribution in [0.15, 0.2) is 12.3 Å². The molecule has 0 fully saturated rings. The fourth-order valence-corrected chi connectivity index (χ4v) is 3.59. The van der Waals surface area contributed by atoms with Gasteiger partial charge in [-0.15, -0.1) is 0 Å². The lowest BCUT2D eigenvalue weighted by Crippen LogP contribution is -2.21. The van der Waals surface area contributed by atoms with Crippen LogP contribution in [0.2, 0.25) is 0 Å². The summed E-state index contributed by atoms with van der Waals surface area (Å²) in [5.41, 5.74) is 5.32. The summed E-state index contributed by atoms with van der Waals surface area (Å²) in [6.45, 7) is 2.00. The Labute approximate surface area is 135 Å². The lowest BCUT2D eigenvalue weighted by Gasteiger charge is -2.22. The Balaban J connectivity index is 1.68. The number of aliphatic hydroxyl groups excluding tert-OH is 1. The lowest BCUT2D eigenvalue weighted by molar-refractivity contribution is 0.267. The summed E-state index contributed by atoms with van der Waals surface area (Å²) in [5, 5.41) is 23.0. The second-order valence-electron chi connectivity index (χ2n) is 6.20. The van der Waals surface area contributed by atoms with E-state index < -0.39 is 0 Å². The van der Waals surface area contributed by atoms with E-state index in [-0.39, 0.29) is 6.61 Å². The van der Waals surface area contributed by atoms with E-state index in [0.29, 0.717) is 18.7 Å². The molecular formula is C17H19N5O. The molecule has 1 aliphatic heterocycles. The molecule has 118 valence electrons. The maximum atomic E-state index is 9.52. The SMILES string of the molecule is N#Cc1cc2c(nc1N1Cc3cnn(CCO)c3C1)CCCC2. The molecule has 0 radical (unpaired) electrons. The summed E-state index contributed by atoms with van der Waals surface area (Å²) in [4.78, 5) is 6.98. The maximum absolute atomic E-state index is 9.52. The Hall–Kier alpha value is -2.39. The highest BCUT2D eigenvalue weighted by molar-refractivity contribution is 5.58. The van der Waals surface area contributed by atoms with Crippen molar-refractivity contribution in [2.75, 3.05) is 11.5 Å². The first-order chi connectivity index (χ1) is 11.3. The predicted octanol–water partition coefficient (Wildman–Crippen LogP) is 1.54. The summed E-state index contributed by atoms with van der Waals surface area (Å²) in [7, 11) is 0. The van der Waals surface area contributed by atoms with Gasteiger partial charge in [0.2, 0.25) is 0 Å². The van der Waals surface area contributed by atoms with Gasteiger partial charge in [0.25, 0.3) is 0 Å². The molecule has 0 saturated carbocycles. The van der Waals surface area contributed by atoms with Crippen LogP contribution in [0.4, 0.5) is 5.82 Å². The maximum Gasteiger partial charge on any atom is 0.147 e. The Bertz CT molecular complexity index is 789. The number of fused-ring (bicyclic) bond motifs is 2. The van der Waals surface area contributed by atoms with E-state index in [1.165, 1.54) is 18.4 Å². The highest BCUT2D eigenvalue weighted by Gasteiger charge is 2.27. The lowest BCUT2D eigenvalue weighted by atomic mass is 9.95. The van der Waals surface area contributed by atoms with Gasteiger partial charge in [0.15, 0.2) is 0 Å². The van der Waals surface area contributed by atoms with Crippen LogP contribution in [-0.2, 0) is 32.5 Å². The standard InChI is InChI=1S/C17H19N5O/c18-8-13-7-12-3-1-2-4-15(12)20-17(13)21-10-14-9-19-22(5-6-23)16(14)11-21/h7,9,23H,1-6,10-11H2. The quantitative estimate of drug-likeness (QED) is 0.930. The smallest absolute Gasteiger partial charge is 0.147 e. The molecule has 0 spiro atoms. The summed E-state index contributed by atoms with van der Waals surface area (Å²) >= 11 is 0. The molecule has 0 unspecified atom stereocenters. The van der Waals surface area contributed by atoms with E-state index >= 15 is 0 Å². The summed E-state index contributed by atoms with van der Waals surface area (Å²) in [6, 6.07) is 4.34. The molecule has 2 aliphatic rings. The number of pyridine rings is 1. The average molecular weight is 309 g/mol. The first-order valence-electron chi connectivity index (χ1n) is 8.12. The molecule has 23 heavy (non-hydrogen) atoms. The van der Waals surface area contributed by atoms with Crippen molar-refractivity contribution in [1.29, 1.82) is 5.26 Å². The van der Waals surface area contributed by atoms with Gasteiger partial charge in [0, 0.05) is 17.8 Å². The fraction of sp³-hybridized carbons (Fsp3) is 0.471. The Morgan fingerprint density at radius 3 is 2.91 bits per heavy atom. The van der Waals surface area contributed by atoms with Gasteiger partial charge >= 0.3 is 0 Å². The van der Waals surface area contributed by atoms with Crippen molar-refractivity contribution in [3.63, 3.8) is 0 Å². The highest BCUT2D eigenvalue weighted by Crippen LogP contribution is 2.32. The van der Waals surface area contributed by atoms with Crippen LogP contribution in [0.3, 0.4) is 0 Å². The van der Waals surface area contributed by atoms with Crippen molar-refractivity contribution in [2.45, 2.75) is 45.3 Å². The van der Waals surface area contributed by atoms with Gasteiger partial charge in [-0.05, 0) is 37.3 Å². The van der Waals surface area contributed by atoms with Crippen LogP contribution >= 0.6 is 0 Å². The third-order valence-corrected chi connectivity index (χ3v) is 4.75. The van der Waals surface area contributed by atoms with Crippen LogP contribution in [0.25, 0.3) is 0 Å². The van der Waals surface area contributed by atoms with Crippen molar-refractivity contribution in [2.24, 2.45) is 0 Å². The van der Waals surface area contributed by atoms with Crippen LogP contribution in [0, 0.1) is 11.3 Å². The Kier molecular flexibility index (Phi) is 3.50. The second-order valence-corrected chi connectivity index (χ2v) is 6.20. The van der Waals surface area contributed by atoms with Crippen molar-refractivity contribution in [3.8, 4) is 6.07 Å². The molecule has 2 aromatic heterocycles. The number of aliphatic hydroxyl groups is 1. The molecule has 3 heterocycles. The molecule has 0 atom stereocenters. The van der Waals surface area contributed by atoms with Gasteiger partial charge in [0.1, 0.15) is 11.9 Å². The molecule has 0 saturated heterocycles. The Morgan fingerprint density at radius 2 is 2.09 bits per heavy atom. The molecule has 0 bridgehead atoms. The normalized spacial score (nSPS) is 16.1. The largest absolute Gasteiger partial charge is 0.394 e. The molecule has 4 rings (SSSR count). The average Bonchev–Trinajstić information content (AvgIpc) is 3.16. The van der Waals surface area contributed by atoms with Crippen LogP contribution in [-0.4, -0.2) is 26.5 Å². The number of anilines is 1. The van der Waals surface area contributed by atoms with E-state index in [0.717, 1.165) is 42.2 Å². The van der Waals surface area contributed by atoms with E-state index in [2.05, 4.69) is 16.1 Å². The number of hydrogen-bond acceptors (Lipinski definition) is 5. The Morgan fingerprint density at radius 1 is 1.22 bits per heavy atom. The summed E-state index contributed by atoms with van der Waals surface area (Å²) < 4.78 is 1.85. The first kappa shape index (κ1) is 14.2. The summed E-state index contributed by atoms with van der Waals surface area (Å²) in [6.07, 6.45) is 6.26. The van der Waals surface area contributed by atoms with Crippen LogP contribution in [0.1, 0.15) is 40.9 Å². The molecule has 1 aliphatic carbocycles. The van der Waals surface area contributed by atoms with E-state index in [1.807, 2.05) is 16.9 Å². The van der Waals surface area contributed by atoms with Gasteiger partial charge in [-0.25, -0.2) is 4.98 Å². The summed E-state index contributed by atoms with van der Waals surface area (Å²) in [5.74, 6) is 0.792. The zero-order valence-corrected chi connectivity index (χ0v) is 13.0. The van der Waals surface area contributed by atoms with E-state index in [4.69, 9.17) is 10.1 Å². The van der Waals surface area contributed by atoms with Gasteiger partial charge < -0.3 is 10.0 Å². The topological polar surface area (TPSA) is 78.0 Å². The van der Waals surface area contributed by atoms with Gasteiger partial charge in [0.05, 0.1) is 37.2 Å². The number of aryl methyl sites for hydroxylation is 2. The van der Waals surface area contributed by atoms with Crippen molar-refractivity contribution < 1.29 is 5.11 Å². The monoisotopic (exact) mass is 309 g/mol. The van der Waals surface area contributed by atoms with E-state index in [9.17, 15) is 5.26 Å². The zero-order chi connectivity index (χ0) is 15.8. The van der Waals surface area contributed by atoms with Crippen LogP contribution in [0.5, 0.6) is 0 Å². The van der Waals surface area contributed by atoms with Crippen molar-refractivity contribution in [3.05, 3.63) is 40.3 Å². The molecule has 6 nitrogen and oxygen atoms in total. The molecule has 6 heteroatoms. The van der Waals surface area contributed by atoms with Gasteiger partial charge in [-0.3, -0.25) is 4.68 Å². The first-order valence-corrected chi connectivity index (χ1v) is 8.12. The third kappa shape index (κ3) is 2.37. The molecule has 1 N–H and O–H groups in total. The minimum Gasteiger partial charge on any atom is -0.394 e. The van der Waals surface area contributed by atoms with Gasteiger partial charge in [-0.2, -0.15) is 10.4 Å².